The summed E-state index contributed by atoms with van der Waals surface area (Å²) in [7, 11) is 7.93. The summed E-state index contributed by atoms with van der Waals surface area (Å²) >= 11 is 0. The maximum Gasteiger partial charge on any atom is 0.146 e. The highest BCUT2D eigenvalue weighted by molar-refractivity contribution is 5.23. The minimum atomic E-state index is -0.529. The molecule has 0 bridgehead atoms. The summed E-state index contributed by atoms with van der Waals surface area (Å²) < 4.78 is 55.8. The molecule has 1 heterocycles. The van der Waals surface area contributed by atoms with Crippen molar-refractivity contribution in [2.45, 2.75) is 43.5 Å². The molecule has 0 saturated carbocycles. The van der Waals surface area contributed by atoms with E-state index in [2.05, 4.69) is 12.1 Å². The summed E-state index contributed by atoms with van der Waals surface area (Å²) in [6, 6.07) is 8.19. The first-order chi connectivity index (χ1) is 16.2. The fourth-order valence-corrected chi connectivity index (χ4v) is 3.74. The average Bonchev–Trinajstić information content (AvgIpc) is 2.83. The highest BCUT2D eigenvalue weighted by Gasteiger charge is 2.48. The molecule has 1 aromatic carbocycles. The minimum absolute atomic E-state index is 0.0598. The second-order valence-electron chi connectivity index (χ2n) is 7.56. The van der Waals surface area contributed by atoms with E-state index in [1.807, 2.05) is 12.1 Å². The van der Waals surface area contributed by atoms with Gasteiger partial charge in [0.1, 0.15) is 51.6 Å². The van der Waals surface area contributed by atoms with E-state index >= 15 is 0 Å². The van der Waals surface area contributed by atoms with Gasteiger partial charge in [-0.05, 0) is 11.1 Å². The van der Waals surface area contributed by atoms with Crippen molar-refractivity contribution in [3.8, 4) is 0 Å². The van der Waals surface area contributed by atoms with Crippen molar-refractivity contribution in [1.82, 2.24) is 0 Å². The topological polar surface area (TPSA) is 92.3 Å². The molecule has 190 valence electrons. The Bertz CT molecular complexity index is 614. The van der Waals surface area contributed by atoms with Crippen LogP contribution in [-0.2, 0) is 60.4 Å². The molecular formula is C23H38O10. The second kappa shape index (κ2) is 16.4. The molecule has 1 aliphatic heterocycles. The monoisotopic (exact) mass is 474 g/mol. The molecule has 10 nitrogen and oxygen atoms in total. The summed E-state index contributed by atoms with van der Waals surface area (Å²) in [5, 5.41) is 0. The number of hydrogen-bond donors (Lipinski definition) is 0. The lowest BCUT2D eigenvalue weighted by atomic mass is 9.91. The maximum absolute atomic E-state index is 6.46. The third-order valence-electron chi connectivity index (χ3n) is 5.12. The highest BCUT2D eigenvalue weighted by Crippen LogP contribution is 2.30. The van der Waals surface area contributed by atoms with E-state index in [1.54, 1.807) is 35.5 Å². The van der Waals surface area contributed by atoms with Gasteiger partial charge >= 0.3 is 0 Å². The van der Waals surface area contributed by atoms with E-state index < -0.39 is 24.4 Å². The van der Waals surface area contributed by atoms with Gasteiger partial charge < -0.3 is 47.4 Å². The molecule has 0 N–H and O–H groups in total. The Morgan fingerprint density at radius 2 is 1.12 bits per heavy atom. The smallest absolute Gasteiger partial charge is 0.146 e. The van der Waals surface area contributed by atoms with Gasteiger partial charge in [-0.15, -0.1) is 0 Å². The van der Waals surface area contributed by atoms with Crippen LogP contribution in [0.1, 0.15) is 11.1 Å². The standard InChI is InChI=1S/C23H38O10/c1-24-11-18-8-6-17(7-9-18)10-19-21(30-14-26-3)23(32-16-28-5)22(31-15-27-4)20(33-19)12-29-13-25-2/h6-9,19-23H,10-16H2,1-5H3/t19-,20?,21?,22+,23?/m0/s1. The molecule has 0 aromatic heterocycles. The molecule has 33 heavy (non-hydrogen) atoms. The van der Waals surface area contributed by atoms with Crippen LogP contribution in [0.4, 0.5) is 0 Å². The Labute approximate surface area is 196 Å². The van der Waals surface area contributed by atoms with Gasteiger partial charge in [0.25, 0.3) is 0 Å². The van der Waals surface area contributed by atoms with Gasteiger partial charge in [-0.2, -0.15) is 0 Å². The third kappa shape index (κ3) is 9.18. The van der Waals surface area contributed by atoms with Crippen LogP contribution in [0.25, 0.3) is 0 Å². The predicted molar refractivity (Wildman–Crippen MR) is 118 cm³/mol. The highest BCUT2D eigenvalue weighted by atomic mass is 16.7. The number of benzene rings is 1. The van der Waals surface area contributed by atoms with Crippen LogP contribution in [0.15, 0.2) is 24.3 Å². The van der Waals surface area contributed by atoms with Crippen molar-refractivity contribution in [2.75, 3.05) is 69.3 Å². The molecule has 10 heteroatoms. The Kier molecular flexibility index (Phi) is 14.0. The van der Waals surface area contributed by atoms with Gasteiger partial charge in [0.05, 0.1) is 19.3 Å². The van der Waals surface area contributed by atoms with Crippen molar-refractivity contribution in [3.63, 3.8) is 0 Å². The molecule has 0 radical (unpaired) electrons. The first kappa shape index (κ1) is 28.1. The zero-order valence-corrected chi connectivity index (χ0v) is 20.2. The summed E-state index contributed by atoms with van der Waals surface area (Å²) in [4.78, 5) is 0. The van der Waals surface area contributed by atoms with E-state index in [0.717, 1.165) is 11.1 Å². The number of rotatable bonds is 17. The van der Waals surface area contributed by atoms with Crippen LogP contribution in [0.2, 0.25) is 0 Å². The minimum Gasteiger partial charge on any atom is -0.380 e. The normalized spacial score (nSPS) is 25.4. The number of hydrogen-bond acceptors (Lipinski definition) is 10. The lowest BCUT2D eigenvalue weighted by Crippen LogP contribution is -2.62. The third-order valence-corrected chi connectivity index (χ3v) is 5.12. The van der Waals surface area contributed by atoms with Crippen molar-refractivity contribution < 1.29 is 47.4 Å². The van der Waals surface area contributed by atoms with E-state index in [-0.39, 0.29) is 39.9 Å². The summed E-state index contributed by atoms with van der Waals surface area (Å²) in [5.74, 6) is 0. The maximum atomic E-state index is 6.46. The fourth-order valence-electron chi connectivity index (χ4n) is 3.74. The Morgan fingerprint density at radius 3 is 1.67 bits per heavy atom. The van der Waals surface area contributed by atoms with E-state index in [1.165, 1.54) is 0 Å². The van der Waals surface area contributed by atoms with Gasteiger partial charge in [0, 0.05) is 42.0 Å². The molecular weight excluding hydrogens is 436 g/mol. The zero-order chi connectivity index (χ0) is 23.9. The van der Waals surface area contributed by atoms with Gasteiger partial charge in [0.15, 0.2) is 0 Å². The number of methoxy groups -OCH3 is 5. The SMILES string of the molecule is COCOCC1O[C@@H](Cc2ccc(COC)cc2)C(OCOC)C(OCOC)[C@@H]1OCOC. The Morgan fingerprint density at radius 1 is 0.606 bits per heavy atom. The first-order valence-electron chi connectivity index (χ1n) is 10.8. The molecule has 0 amide bonds. The van der Waals surface area contributed by atoms with Crippen molar-refractivity contribution in [1.29, 1.82) is 0 Å². The summed E-state index contributed by atoms with van der Waals surface area (Å²) in [6.07, 6.45) is -1.74. The quantitative estimate of drug-likeness (QED) is 0.245. The van der Waals surface area contributed by atoms with E-state index in [4.69, 9.17) is 47.4 Å². The van der Waals surface area contributed by atoms with Crippen LogP contribution in [0.3, 0.4) is 0 Å². The van der Waals surface area contributed by atoms with Gasteiger partial charge in [-0.25, -0.2) is 0 Å². The lowest BCUT2D eigenvalue weighted by molar-refractivity contribution is -0.297. The Balaban J connectivity index is 2.28. The predicted octanol–water partition coefficient (Wildman–Crippen LogP) is 1.73. The fraction of sp³-hybridized carbons (Fsp3) is 0.739. The molecule has 5 atom stereocenters. The van der Waals surface area contributed by atoms with Crippen LogP contribution >= 0.6 is 0 Å². The van der Waals surface area contributed by atoms with Crippen LogP contribution in [0, 0.1) is 0 Å². The van der Waals surface area contributed by atoms with Crippen molar-refractivity contribution in [3.05, 3.63) is 35.4 Å². The van der Waals surface area contributed by atoms with Gasteiger partial charge in [-0.3, -0.25) is 0 Å². The average molecular weight is 475 g/mol. The summed E-state index contributed by atoms with van der Waals surface area (Å²) in [6.45, 7) is 1.14. The van der Waals surface area contributed by atoms with Crippen molar-refractivity contribution in [2.24, 2.45) is 0 Å². The van der Waals surface area contributed by atoms with E-state index in [0.29, 0.717) is 13.0 Å². The van der Waals surface area contributed by atoms with E-state index in [9.17, 15) is 0 Å². The van der Waals surface area contributed by atoms with Gasteiger partial charge in [-0.1, -0.05) is 24.3 Å². The lowest BCUT2D eigenvalue weighted by Gasteiger charge is -2.46. The molecule has 1 fully saturated rings. The van der Waals surface area contributed by atoms with Crippen LogP contribution in [-0.4, -0.2) is 99.8 Å². The molecule has 0 aliphatic carbocycles. The van der Waals surface area contributed by atoms with Gasteiger partial charge in [0.2, 0.25) is 0 Å². The Hall–Kier alpha value is -1.18. The number of ether oxygens (including phenoxy) is 10. The summed E-state index contributed by atoms with van der Waals surface area (Å²) in [5.41, 5.74) is 2.18. The molecule has 2 rings (SSSR count). The molecule has 0 spiro atoms. The largest absolute Gasteiger partial charge is 0.380 e. The second-order valence-corrected chi connectivity index (χ2v) is 7.56. The first-order valence-corrected chi connectivity index (χ1v) is 10.8. The van der Waals surface area contributed by atoms with Crippen LogP contribution < -0.4 is 0 Å². The molecule has 1 aromatic rings. The molecule has 1 saturated heterocycles. The van der Waals surface area contributed by atoms with Crippen molar-refractivity contribution >= 4 is 0 Å². The molecule has 3 unspecified atom stereocenters. The zero-order valence-electron chi connectivity index (χ0n) is 20.2. The molecule has 1 aliphatic rings. The van der Waals surface area contributed by atoms with Crippen LogP contribution in [0.5, 0.6) is 0 Å².